The highest BCUT2D eigenvalue weighted by atomic mass is 16.5. The van der Waals surface area contributed by atoms with Crippen LogP contribution in [0.3, 0.4) is 0 Å². The van der Waals surface area contributed by atoms with Crippen molar-refractivity contribution >= 4 is 5.91 Å². The van der Waals surface area contributed by atoms with Gasteiger partial charge in [-0.2, -0.15) is 0 Å². The van der Waals surface area contributed by atoms with Gasteiger partial charge in [0.05, 0.1) is 12.6 Å². The van der Waals surface area contributed by atoms with Crippen molar-refractivity contribution in [1.29, 1.82) is 0 Å². The molecule has 1 aromatic heterocycles. The normalized spacial score (nSPS) is 22.9. The Morgan fingerprint density at radius 3 is 2.82 bits per heavy atom. The van der Waals surface area contributed by atoms with Crippen LogP contribution in [0.15, 0.2) is 16.5 Å². The Morgan fingerprint density at radius 2 is 2.09 bits per heavy atom. The van der Waals surface area contributed by atoms with Gasteiger partial charge in [0.1, 0.15) is 5.76 Å². The Labute approximate surface area is 132 Å². The minimum Gasteiger partial charge on any atom is -0.455 e. The van der Waals surface area contributed by atoms with Gasteiger partial charge in [-0.1, -0.05) is 0 Å². The average molecular weight is 306 g/mol. The third-order valence-electron chi connectivity index (χ3n) is 4.55. The fourth-order valence-electron chi connectivity index (χ4n) is 3.27. The van der Waals surface area contributed by atoms with E-state index in [2.05, 4.69) is 4.90 Å². The Bertz CT molecular complexity index is 488. The molecule has 1 aromatic rings. The van der Waals surface area contributed by atoms with Gasteiger partial charge in [0.2, 0.25) is 0 Å². The van der Waals surface area contributed by atoms with Crippen molar-refractivity contribution in [3.8, 4) is 0 Å². The molecule has 2 fully saturated rings. The minimum absolute atomic E-state index is 0.0538. The zero-order valence-corrected chi connectivity index (χ0v) is 13.4. The van der Waals surface area contributed by atoms with E-state index >= 15 is 0 Å². The van der Waals surface area contributed by atoms with Crippen LogP contribution in [0.25, 0.3) is 0 Å². The standard InChI is InChI=1S/C17H26N2O3/c1-18(12-14-6-2-5-11-21-14)17(20)16-8-7-15(22-16)13-19-9-3-4-10-19/h7-8,14H,2-6,9-13H2,1H3/t14-/m0/s1. The van der Waals surface area contributed by atoms with E-state index in [1.54, 1.807) is 11.0 Å². The molecule has 3 rings (SSSR count). The molecule has 1 atom stereocenters. The summed E-state index contributed by atoms with van der Waals surface area (Å²) in [6.07, 6.45) is 6.05. The topological polar surface area (TPSA) is 45.9 Å². The van der Waals surface area contributed by atoms with Crippen LogP contribution in [0.4, 0.5) is 0 Å². The molecule has 2 aliphatic rings. The van der Waals surface area contributed by atoms with Gasteiger partial charge >= 0.3 is 0 Å². The van der Waals surface area contributed by atoms with Crippen LogP contribution in [-0.2, 0) is 11.3 Å². The summed E-state index contributed by atoms with van der Waals surface area (Å²) in [6, 6.07) is 3.72. The van der Waals surface area contributed by atoms with E-state index in [0.29, 0.717) is 12.3 Å². The monoisotopic (exact) mass is 306 g/mol. The number of carbonyl (C=O) groups is 1. The van der Waals surface area contributed by atoms with Crippen LogP contribution in [0, 0.1) is 0 Å². The summed E-state index contributed by atoms with van der Waals surface area (Å²) in [5.41, 5.74) is 0. The molecule has 2 aliphatic heterocycles. The zero-order valence-electron chi connectivity index (χ0n) is 13.4. The maximum Gasteiger partial charge on any atom is 0.289 e. The van der Waals surface area contributed by atoms with Crippen LogP contribution >= 0.6 is 0 Å². The molecule has 0 aromatic carbocycles. The van der Waals surface area contributed by atoms with E-state index in [1.807, 2.05) is 13.1 Å². The van der Waals surface area contributed by atoms with Crippen molar-refractivity contribution < 1.29 is 13.9 Å². The van der Waals surface area contributed by atoms with Crippen molar-refractivity contribution in [3.05, 3.63) is 23.7 Å². The number of hydrogen-bond acceptors (Lipinski definition) is 4. The summed E-state index contributed by atoms with van der Waals surface area (Å²) in [4.78, 5) is 16.5. The molecule has 0 spiro atoms. The molecule has 122 valence electrons. The molecule has 3 heterocycles. The second-order valence-electron chi connectivity index (χ2n) is 6.42. The first kappa shape index (κ1) is 15.6. The number of likely N-dealkylation sites (tertiary alicyclic amines) is 1. The second kappa shape index (κ2) is 7.29. The van der Waals surface area contributed by atoms with E-state index < -0.39 is 0 Å². The van der Waals surface area contributed by atoms with E-state index in [0.717, 1.165) is 44.8 Å². The van der Waals surface area contributed by atoms with Gasteiger partial charge in [-0.15, -0.1) is 0 Å². The Morgan fingerprint density at radius 1 is 1.27 bits per heavy atom. The number of carbonyl (C=O) groups excluding carboxylic acids is 1. The average Bonchev–Trinajstić information content (AvgIpc) is 3.20. The molecule has 0 radical (unpaired) electrons. The van der Waals surface area contributed by atoms with Gasteiger partial charge in [0, 0.05) is 20.2 Å². The summed E-state index contributed by atoms with van der Waals surface area (Å²) in [5.74, 6) is 1.27. The maximum absolute atomic E-state index is 12.4. The second-order valence-corrected chi connectivity index (χ2v) is 6.42. The molecule has 0 saturated carbocycles. The van der Waals surface area contributed by atoms with Gasteiger partial charge in [-0.3, -0.25) is 9.69 Å². The molecule has 0 unspecified atom stereocenters. The minimum atomic E-state index is -0.0538. The first-order chi connectivity index (χ1) is 10.7. The summed E-state index contributed by atoms with van der Waals surface area (Å²) in [5, 5.41) is 0. The highest BCUT2D eigenvalue weighted by Gasteiger charge is 2.22. The fourth-order valence-corrected chi connectivity index (χ4v) is 3.27. The first-order valence-electron chi connectivity index (χ1n) is 8.40. The zero-order chi connectivity index (χ0) is 15.4. The molecule has 22 heavy (non-hydrogen) atoms. The van der Waals surface area contributed by atoms with Crippen LogP contribution in [0.2, 0.25) is 0 Å². The van der Waals surface area contributed by atoms with Gasteiger partial charge in [0.25, 0.3) is 5.91 Å². The largest absolute Gasteiger partial charge is 0.455 e. The van der Waals surface area contributed by atoms with E-state index in [4.69, 9.17) is 9.15 Å². The molecule has 1 amide bonds. The van der Waals surface area contributed by atoms with Gasteiger partial charge in [-0.05, 0) is 57.3 Å². The molecule has 2 saturated heterocycles. The Balaban J connectivity index is 1.53. The molecular formula is C17H26N2O3. The SMILES string of the molecule is CN(C[C@@H]1CCCCO1)C(=O)c1ccc(CN2CCCC2)o1. The number of hydrogen-bond donors (Lipinski definition) is 0. The van der Waals surface area contributed by atoms with E-state index in [1.165, 1.54) is 19.3 Å². The van der Waals surface area contributed by atoms with Gasteiger partial charge < -0.3 is 14.1 Å². The molecule has 0 bridgehead atoms. The third kappa shape index (κ3) is 3.90. The molecular weight excluding hydrogens is 280 g/mol. The van der Waals surface area contributed by atoms with Crippen molar-refractivity contribution in [3.63, 3.8) is 0 Å². The highest BCUT2D eigenvalue weighted by Crippen LogP contribution is 2.18. The molecule has 0 N–H and O–H groups in total. The first-order valence-corrected chi connectivity index (χ1v) is 8.40. The number of amides is 1. The molecule has 5 heteroatoms. The van der Waals surface area contributed by atoms with Crippen molar-refractivity contribution in [2.75, 3.05) is 33.3 Å². The number of likely N-dealkylation sites (N-methyl/N-ethyl adjacent to an activating group) is 1. The lowest BCUT2D eigenvalue weighted by molar-refractivity contribution is -0.000748. The predicted octanol–water partition coefficient (Wildman–Crippen LogP) is 2.52. The summed E-state index contributed by atoms with van der Waals surface area (Å²) >= 11 is 0. The van der Waals surface area contributed by atoms with Gasteiger partial charge in [0.15, 0.2) is 5.76 Å². The summed E-state index contributed by atoms with van der Waals surface area (Å²) in [7, 11) is 1.82. The van der Waals surface area contributed by atoms with E-state index in [9.17, 15) is 4.79 Å². The van der Waals surface area contributed by atoms with Crippen LogP contribution in [0.1, 0.15) is 48.4 Å². The number of nitrogens with zero attached hydrogens (tertiary/aromatic N) is 2. The summed E-state index contributed by atoms with van der Waals surface area (Å²) < 4.78 is 11.4. The molecule has 0 aliphatic carbocycles. The van der Waals surface area contributed by atoms with E-state index in [-0.39, 0.29) is 12.0 Å². The fraction of sp³-hybridized carbons (Fsp3) is 0.706. The smallest absolute Gasteiger partial charge is 0.289 e. The Kier molecular flexibility index (Phi) is 5.16. The lowest BCUT2D eigenvalue weighted by Crippen LogP contribution is -2.37. The quantitative estimate of drug-likeness (QED) is 0.838. The highest BCUT2D eigenvalue weighted by molar-refractivity contribution is 5.91. The van der Waals surface area contributed by atoms with Crippen LogP contribution in [-0.4, -0.2) is 55.1 Å². The summed E-state index contributed by atoms with van der Waals surface area (Å²) in [6.45, 7) is 4.52. The number of ether oxygens (including phenoxy) is 1. The van der Waals surface area contributed by atoms with Crippen LogP contribution < -0.4 is 0 Å². The van der Waals surface area contributed by atoms with Crippen molar-refractivity contribution in [2.45, 2.75) is 44.8 Å². The Hall–Kier alpha value is -1.33. The van der Waals surface area contributed by atoms with Crippen molar-refractivity contribution in [2.24, 2.45) is 0 Å². The lowest BCUT2D eigenvalue weighted by atomic mass is 10.1. The molecule has 5 nitrogen and oxygen atoms in total. The van der Waals surface area contributed by atoms with Crippen LogP contribution in [0.5, 0.6) is 0 Å². The maximum atomic E-state index is 12.4. The van der Waals surface area contributed by atoms with Gasteiger partial charge in [-0.25, -0.2) is 0 Å². The third-order valence-corrected chi connectivity index (χ3v) is 4.55. The number of furan rings is 1. The lowest BCUT2D eigenvalue weighted by Gasteiger charge is -2.27. The van der Waals surface area contributed by atoms with Crippen molar-refractivity contribution in [1.82, 2.24) is 9.80 Å². The predicted molar refractivity (Wildman–Crippen MR) is 83.8 cm³/mol. The number of rotatable bonds is 5.